The summed E-state index contributed by atoms with van der Waals surface area (Å²) in [5, 5.41) is -0.198. The summed E-state index contributed by atoms with van der Waals surface area (Å²) in [6.07, 6.45) is 2.82. The zero-order valence-electron chi connectivity index (χ0n) is 9.94. The molecule has 0 aliphatic carbocycles. The predicted octanol–water partition coefficient (Wildman–Crippen LogP) is 3.05. The Bertz CT molecular complexity index is 366. The van der Waals surface area contributed by atoms with Gasteiger partial charge in [0.25, 0.3) is 0 Å². The largest absolute Gasteiger partial charge is 0.299 e. The second-order valence-corrected chi connectivity index (χ2v) is 5.21. The van der Waals surface area contributed by atoms with E-state index in [0.29, 0.717) is 12.3 Å². The summed E-state index contributed by atoms with van der Waals surface area (Å²) in [4.78, 5) is 13.3. The van der Waals surface area contributed by atoms with E-state index in [1.54, 1.807) is 0 Å². The van der Waals surface area contributed by atoms with E-state index in [0.717, 1.165) is 26.1 Å². The lowest BCUT2D eigenvalue weighted by molar-refractivity contribution is -0.112. The first-order chi connectivity index (χ1) is 8.24. The molecule has 0 saturated carbocycles. The topological polar surface area (TPSA) is 20.3 Å². The number of likely N-dealkylation sites (tertiary alicyclic amines) is 1. The molecule has 0 amide bonds. The van der Waals surface area contributed by atoms with Gasteiger partial charge in [-0.3, -0.25) is 9.69 Å². The maximum Gasteiger partial charge on any atom is 0.221 e. The molecule has 1 aliphatic rings. The van der Waals surface area contributed by atoms with Crippen LogP contribution in [0, 0.1) is 5.92 Å². The van der Waals surface area contributed by atoms with Crippen molar-refractivity contribution in [3.8, 4) is 0 Å². The van der Waals surface area contributed by atoms with Crippen LogP contribution in [0.3, 0.4) is 0 Å². The van der Waals surface area contributed by atoms with Crippen molar-refractivity contribution in [2.24, 2.45) is 5.92 Å². The van der Waals surface area contributed by atoms with Crippen LogP contribution in [0.4, 0.5) is 0 Å². The smallest absolute Gasteiger partial charge is 0.221 e. The van der Waals surface area contributed by atoms with Gasteiger partial charge in [-0.15, -0.1) is 0 Å². The SMILES string of the molecule is O=C(Cl)CC1CCCN(Cc2ccccc2)C1. The summed E-state index contributed by atoms with van der Waals surface area (Å²) in [7, 11) is 0. The van der Waals surface area contributed by atoms with E-state index in [9.17, 15) is 4.79 Å². The fourth-order valence-electron chi connectivity index (χ4n) is 2.53. The Balaban J connectivity index is 1.87. The van der Waals surface area contributed by atoms with Crippen molar-refractivity contribution in [1.82, 2.24) is 4.90 Å². The number of nitrogens with zero attached hydrogens (tertiary/aromatic N) is 1. The number of hydrogen-bond acceptors (Lipinski definition) is 2. The van der Waals surface area contributed by atoms with Gasteiger partial charge in [0.15, 0.2) is 0 Å². The van der Waals surface area contributed by atoms with Gasteiger partial charge in [0, 0.05) is 19.5 Å². The van der Waals surface area contributed by atoms with Gasteiger partial charge in [0.1, 0.15) is 0 Å². The van der Waals surface area contributed by atoms with Crippen LogP contribution >= 0.6 is 11.6 Å². The average Bonchev–Trinajstić information content (AvgIpc) is 2.30. The molecule has 1 aromatic carbocycles. The minimum Gasteiger partial charge on any atom is -0.299 e. The maximum absolute atomic E-state index is 10.9. The van der Waals surface area contributed by atoms with Gasteiger partial charge in [-0.2, -0.15) is 0 Å². The fraction of sp³-hybridized carbons (Fsp3) is 0.500. The molecule has 1 unspecified atom stereocenters. The number of rotatable bonds is 4. The van der Waals surface area contributed by atoms with Crippen LogP contribution in [0.2, 0.25) is 0 Å². The maximum atomic E-state index is 10.9. The minimum absolute atomic E-state index is 0.198. The lowest BCUT2D eigenvalue weighted by atomic mass is 9.95. The molecule has 3 heteroatoms. The first-order valence-electron chi connectivity index (χ1n) is 6.18. The van der Waals surface area contributed by atoms with Crippen molar-refractivity contribution in [3.63, 3.8) is 0 Å². The third-order valence-electron chi connectivity index (χ3n) is 3.30. The Labute approximate surface area is 108 Å². The van der Waals surface area contributed by atoms with E-state index in [2.05, 4.69) is 29.2 Å². The van der Waals surface area contributed by atoms with Crippen molar-refractivity contribution in [2.75, 3.05) is 13.1 Å². The summed E-state index contributed by atoms with van der Waals surface area (Å²) in [6.45, 7) is 3.10. The van der Waals surface area contributed by atoms with Gasteiger partial charge in [-0.05, 0) is 42.5 Å². The molecule has 0 radical (unpaired) electrons. The fourth-order valence-corrected chi connectivity index (χ4v) is 2.75. The van der Waals surface area contributed by atoms with Crippen molar-refractivity contribution in [3.05, 3.63) is 35.9 Å². The van der Waals surface area contributed by atoms with Gasteiger partial charge in [0.2, 0.25) is 5.24 Å². The van der Waals surface area contributed by atoms with E-state index < -0.39 is 0 Å². The normalized spacial score (nSPS) is 21.4. The molecule has 1 aliphatic heterocycles. The van der Waals surface area contributed by atoms with Crippen LogP contribution in [0.25, 0.3) is 0 Å². The van der Waals surface area contributed by atoms with E-state index in [-0.39, 0.29) is 5.24 Å². The van der Waals surface area contributed by atoms with Crippen LogP contribution in [0.1, 0.15) is 24.8 Å². The summed E-state index contributed by atoms with van der Waals surface area (Å²) < 4.78 is 0. The van der Waals surface area contributed by atoms with Crippen LogP contribution in [-0.2, 0) is 11.3 Å². The molecule has 1 saturated heterocycles. The van der Waals surface area contributed by atoms with Crippen LogP contribution in [0.5, 0.6) is 0 Å². The van der Waals surface area contributed by atoms with Crippen LogP contribution in [-0.4, -0.2) is 23.2 Å². The highest BCUT2D eigenvalue weighted by Crippen LogP contribution is 2.21. The van der Waals surface area contributed by atoms with Crippen molar-refractivity contribution >= 4 is 16.8 Å². The molecule has 1 aromatic rings. The van der Waals surface area contributed by atoms with Gasteiger partial charge < -0.3 is 0 Å². The van der Waals surface area contributed by atoms with E-state index in [1.807, 2.05) is 6.07 Å². The molecule has 2 rings (SSSR count). The molecule has 92 valence electrons. The number of benzene rings is 1. The van der Waals surface area contributed by atoms with Crippen LogP contribution in [0.15, 0.2) is 30.3 Å². The molecular formula is C14H18ClNO. The highest BCUT2D eigenvalue weighted by atomic mass is 35.5. The van der Waals surface area contributed by atoms with Crippen molar-refractivity contribution in [2.45, 2.75) is 25.8 Å². The number of piperidine rings is 1. The molecular weight excluding hydrogens is 234 g/mol. The third kappa shape index (κ3) is 4.14. The number of carbonyl (C=O) groups is 1. The first-order valence-corrected chi connectivity index (χ1v) is 6.56. The molecule has 0 aromatic heterocycles. The molecule has 17 heavy (non-hydrogen) atoms. The van der Waals surface area contributed by atoms with E-state index in [4.69, 9.17) is 11.6 Å². The third-order valence-corrected chi connectivity index (χ3v) is 3.46. The Kier molecular flexibility index (Phi) is 4.57. The van der Waals surface area contributed by atoms with E-state index in [1.165, 1.54) is 12.0 Å². The van der Waals surface area contributed by atoms with Gasteiger partial charge in [0.05, 0.1) is 0 Å². The standard InChI is InChI=1S/C14H18ClNO/c15-14(17)9-13-7-4-8-16(11-13)10-12-5-2-1-3-6-12/h1-3,5-6,13H,4,7-11H2. The summed E-state index contributed by atoms with van der Waals surface area (Å²) in [5.74, 6) is 0.442. The minimum atomic E-state index is -0.198. The van der Waals surface area contributed by atoms with Crippen molar-refractivity contribution in [1.29, 1.82) is 0 Å². The first kappa shape index (κ1) is 12.6. The van der Waals surface area contributed by atoms with Gasteiger partial charge >= 0.3 is 0 Å². The van der Waals surface area contributed by atoms with Crippen molar-refractivity contribution < 1.29 is 4.79 Å². The van der Waals surface area contributed by atoms with Gasteiger partial charge in [-0.25, -0.2) is 0 Å². The zero-order valence-corrected chi connectivity index (χ0v) is 10.7. The predicted molar refractivity (Wildman–Crippen MR) is 69.9 cm³/mol. The molecule has 0 bridgehead atoms. The average molecular weight is 252 g/mol. The lowest BCUT2D eigenvalue weighted by Crippen LogP contribution is -2.35. The number of halogens is 1. The van der Waals surface area contributed by atoms with E-state index >= 15 is 0 Å². The number of carbonyl (C=O) groups excluding carboxylic acids is 1. The molecule has 2 nitrogen and oxygen atoms in total. The zero-order chi connectivity index (χ0) is 12.1. The monoisotopic (exact) mass is 251 g/mol. The van der Waals surface area contributed by atoms with Crippen LogP contribution < -0.4 is 0 Å². The summed E-state index contributed by atoms with van der Waals surface area (Å²) in [5.41, 5.74) is 1.34. The second-order valence-electron chi connectivity index (χ2n) is 4.79. The highest BCUT2D eigenvalue weighted by Gasteiger charge is 2.21. The quantitative estimate of drug-likeness (QED) is 0.767. The Morgan fingerprint density at radius 3 is 2.82 bits per heavy atom. The molecule has 1 heterocycles. The summed E-state index contributed by atoms with van der Waals surface area (Å²) >= 11 is 5.46. The Morgan fingerprint density at radius 2 is 2.12 bits per heavy atom. The molecule has 0 spiro atoms. The Hall–Kier alpha value is -0.860. The second kappa shape index (κ2) is 6.18. The van der Waals surface area contributed by atoms with Gasteiger partial charge in [-0.1, -0.05) is 30.3 Å². The Morgan fingerprint density at radius 1 is 1.35 bits per heavy atom. The molecule has 1 atom stereocenters. The molecule has 1 fully saturated rings. The number of hydrogen-bond donors (Lipinski definition) is 0. The highest BCUT2D eigenvalue weighted by molar-refractivity contribution is 6.63. The summed E-state index contributed by atoms with van der Waals surface area (Å²) in [6, 6.07) is 10.5. The molecule has 0 N–H and O–H groups in total. The lowest BCUT2D eigenvalue weighted by Gasteiger charge is -2.32.